The standard InChI is InChI=1S/C11H22N2/c1-9-5-4-6-13(9)10-7-11(2,3)12-8-10/h9-10,12H,4-8H2,1-3H3. The maximum atomic E-state index is 3.60. The van der Waals surface area contributed by atoms with Gasteiger partial charge in [0.15, 0.2) is 0 Å². The second kappa shape index (κ2) is 3.25. The first-order valence-electron chi connectivity index (χ1n) is 5.59. The van der Waals surface area contributed by atoms with Gasteiger partial charge in [-0.3, -0.25) is 4.90 Å². The minimum Gasteiger partial charge on any atom is -0.310 e. The molecule has 2 aliphatic rings. The van der Waals surface area contributed by atoms with Crippen molar-refractivity contribution in [2.75, 3.05) is 13.1 Å². The number of nitrogens with one attached hydrogen (secondary N) is 1. The maximum Gasteiger partial charge on any atom is 0.0240 e. The summed E-state index contributed by atoms with van der Waals surface area (Å²) >= 11 is 0. The second-order valence-corrected chi connectivity index (χ2v) is 5.35. The lowest BCUT2D eigenvalue weighted by atomic mass is 10.0. The summed E-state index contributed by atoms with van der Waals surface area (Å²) in [6.07, 6.45) is 4.12. The van der Waals surface area contributed by atoms with Crippen LogP contribution in [0, 0.1) is 0 Å². The van der Waals surface area contributed by atoms with E-state index >= 15 is 0 Å². The molecule has 0 bridgehead atoms. The zero-order chi connectivity index (χ0) is 9.47. The average Bonchev–Trinajstić information content (AvgIpc) is 2.56. The number of hydrogen-bond donors (Lipinski definition) is 1. The molecule has 2 nitrogen and oxygen atoms in total. The number of nitrogens with zero attached hydrogens (tertiary/aromatic N) is 1. The van der Waals surface area contributed by atoms with E-state index in [2.05, 4.69) is 31.0 Å². The zero-order valence-electron chi connectivity index (χ0n) is 9.14. The first kappa shape index (κ1) is 9.47. The van der Waals surface area contributed by atoms with E-state index in [-0.39, 0.29) is 0 Å². The first-order valence-corrected chi connectivity index (χ1v) is 5.59. The number of hydrogen-bond acceptors (Lipinski definition) is 2. The van der Waals surface area contributed by atoms with Gasteiger partial charge in [-0.2, -0.15) is 0 Å². The van der Waals surface area contributed by atoms with Gasteiger partial charge in [-0.15, -0.1) is 0 Å². The van der Waals surface area contributed by atoms with Crippen LogP contribution in [0.25, 0.3) is 0 Å². The largest absolute Gasteiger partial charge is 0.310 e. The molecular formula is C11H22N2. The first-order chi connectivity index (χ1) is 6.08. The summed E-state index contributed by atoms with van der Waals surface area (Å²) in [5, 5.41) is 3.60. The Bertz CT molecular complexity index is 189. The van der Waals surface area contributed by atoms with Crippen molar-refractivity contribution in [1.82, 2.24) is 10.2 Å². The fourth-order valence-corrected chi connectivity index (χ4v) is 2.86. The molecule has 2 atom stereocenters. The van der Waals surface area contributed by atoms with Gasteiger partial charge in [-0.25, -0.2) is 0 Å². The Morgan fingerprint density at radius 2 is 2.15 bits per heavy atom. The highest BCUT2D eigenvalue weighted by Crippen LogP contribution is 2.27. The van der Waals surface area contributed by atoms with Crippen molar-refractivity contribution in [3.8, 4) is 0 Å². The topological polar surface area (TPSA) is 15.3 Å². The highest BCUT2D eigenvalue weighted by atomic mass is 15.2. The summed E-state index contributed by atoms with van der Waals surface area (Å²) in [7, 11) is 0. The normalized spacial score (nSPS) is 39.9. The van der Waals surface area contributed by atoms with Gasteiger partial charge in [0.25, 0.3) is 0 Å². The Balaban J connectivity index is 1.95. The molecule has 0 aromatic heterocycles. The van der Waals surface area contributed by atoms with Crippen molar-refractivity contribution < 1.29 is 0 Å². The van der Waals surface area contributed by atoms with Gasteiger partial charge >= 0.3 is 0 Å². The lowest BCUT2D eigenvalue weighted by molar-refractivity contribution is 0.196. The number of likely N-dealkylation sites (tertiary alicyclic amines) is 1. The molecular weight excluding hydrogens is 160 g/mol. The minimum atomic E-state index is 0.368. The van der Waals surface area contributed by atoms with Gasteiger partial charge in [-0.05, 0) is 46.6 Å². The van der Waals surface area contributed by atoms with Crippen LogP contribution in [0.15, 0.2) is 0 Å². The lowest BCUT2D eigenvalue weighted by Crippen LogP contribution is -2.38. The van der Waals surface area contributed by atoms with Crippen LogP contribution in [0.2, 0.25) is 0 Å². The van der Waals surface area contributed by atoms with Crippen LogP contribution >= 0.6 is 0 Å². The molecule has 2 heteroatoms. The van der Waals surface area contributed by atoms with Gasteiger partial charge in [0.05, 0.1) is 0 Å². The van der Waals surface area contributed by atoms with Crippen LogP contribution in [0.3, 0.4) is 0 Å². The number of rotatable bonds is 1. The summed E-state index contributed by atoms with van der Waals surface area (Å²) in [6.45, 7) is 9.51. The van der Waals surface area contributed by atoms with Crippen molar-refractivity contribution in [3.63, 3.8) is 0 Å². The summed E-state index contributed by atoms with van der Waals surface area (Å²) in [4.78, 5) is 2.70. The van der Waals surface area contributed by atoms with E-state index in [0.29, 0.717) is 5.54 Å². The van der Waals surface area contributed by atoms with Crippen LogP contribution in [0.1, 0.15) is 40.0 Å². The molecule has 2 unspecified atom stereocenters. The third-order valence-electron chi connectivity index (χ3n) is 3.64. The van der Waals surface area contributed by atoms with Crippen LogP contribution in [0.4, 0.5) is 0 Å². The Hall–Kier alpha value is -0.0800. The zero-order valence-corrected chi connectivity index (χ0v) is 9.14. The fourth-order valence-electron chi connectivity index (χ4n) is 2.86. The third kappa shape index (κ3) is 1.89. The molecule has 76 valence electrons. The minimum absolute atomic E-state index is 0.368. The quantitative estimate of drug-likeness (QED) is 0.663. The maximum absolute atomic E-state index is 3.60. The van der Waals surface area contributed by atoms with Crippen LogP contribution < -0.4 is 5.32 Å². The SMILES string of the molecule is CC1CCCN1C1CNC(C)(C)C1. The van der Waals surface area contributed by atoms with Gasteiger partial charge in [0, 0.05) is 24.2 Å². The van der Waals surface area contributed by atoms with E-state index < -0.39 is 0 Å². The summed E-state index contributed by atoms with van der Waals surface area (Å²) in [5.74, 6) is 0. The summed E-state index contributed by atoms with van der Waals surface area (Å²) in [5.41, 5.74) is 0.368. The predicted molar refractivity (Wildman–Crippen MR) is 55.9 cm³/mol. The highest BCUT2D eigenvalue weighted by molar-refractivity contribution is 4.96. The summed E-state index contributed by atoms with van der Waals surface area (Å²) in [6, 6.07) is 1.62. The van der Waals surface area contributed by atoms with Crippen molar-refractivity contribution in [2.24, 2.45) is 0 Å². The molecule has 2 aliphatic heterocycles. The Morgan fingerprint density at radius 1 is 1.38 bits per heavy atom. The highest BCUT2D eigenvalue weighted by Gasteiger charge is 2.36. The molecule has 2 heterocycles. The van der Waals surface area contributed by atoms with Gasteiger partial charge in [0.2, 0.25) is 0 Å². The van der Waals surface area contributed by atoms with Gasteiger partial charge in [-0.1, -0.05) is 0 Å². The molecule has 0 radical (unpaired) electrons. The Labute approximate surface area is 81.7 Å². The molecule has 0 saturated carbocycles. The molecule has 13 heavy (non-hydrogen) atoms. The van der Waals surface area contributed by atoms with Crippen molar-refractivity contribution >= 4 is 0 Å². The van der Waals surface area contributed by atoms with E-state index in [0.717, 1.165) is 12.1 Å². The molecule has 0 aromatic rings. The fraction of sp³-hybridized carbons (Fsp3) is 1.00. The van der Waals surface area contributed by atoms with Crippen molar-refractivity contribution in [2.45, 2.75) is 57.7 Å². The molecule has 2 rings (SSSR count). The Kier molecular flexibility index (Phi) is 2.37. The monoisotopic (exact) mass is 182 g/mol. The van der Waals surface area contributed by atoms with Crippen molar-refractivity contribution in [1.29, 1.82) is 0 Å². The van der Waals surface area contributed by atoms with E-state index in [1.165, 1.54) is 32.4 Å². The van der Waals surface area contributed by atoms with Gasteiger partial charge in [0.1, 0.15) is 0 Å². The van der Waals surface area contributed by atoms with E-state index in [1.807, 2.05) is 0 Å². The predicted octanol–water partition coefficient (Wildman–Crippen LogP) is 1.61. The molecule has 0 amide bonds. The second-order valence-electron chi connectivity index (χ2n) is 5.35. The molecule has 0 aromatic carbocycles. The smallest absolute Gasteiger partial charge is 0.0240 e. The molecule has 0 aliphatic carbocycles. The van der Waals surface area contributed by atoms with Gasteiger partial charge < -0.3 is 5.32 Å². The molecule has 1 N–H and O–H groups in total. The van der Waals surface area contributed by atoms with Crippen molar-refractivity contribution in [3.05, 3.63) is 0 Å². The molecule has 0 spiro atoms. The average molecular weight is 182 g/mol. The van der Waals surface area contributed by atoms with E-state index in [4.69, 9.17) is 0 Å². The lowest BCUT2D eigenvalue weighted by Gasteiger charge is -2.28. The molecule has 2 saturated heterocycles. The van der Waals surface area contributed by atoms with Crippen LogP contribution in [0.5, 0.6) is 0 Å². The summed E-state index contributed by atoms with van der Waals surface area (Å²) < 4.78 is 0. The van der Waals surface area contributed by atoms with E-state index in [1.54, 1.807) is 0 Å². The Morgan fingerprint density at radius 3 is 2.62 bits per heavy atom. The van der Waals surface area contributed by atoms with Crippen LogP contribution in [-0.2, 0) is 0 Å². The van der Waals surface area contributed by atoms with Crippen LogP contribution in [-0.4, -0.2) is 35.6 Å². The van der Waals surface area contributed by atoms with E-state index in [9.17, 15) is 0 Å². The third-order valence-corrected chi connectivity index (χ3v) is 3.64. The molecule has 2 fully saturated rings.